The molecule has 1 heteroatoms. The summed E-state index contributed by atoms with van der Waals surface area (Å²) in [5.74, 6) is 0.925. The van der Waals surface area contributed by atoms with Crippen molar-refractivity contribution in [2.45, 2.75) is 47.5 Å². The quantitative estimate of drug-likeness (QED) is 0.573. The first-order valence-electron chi connectivity index (χ1n) is 5.10. The van der Waals surface area contributed by atoms with Crippen molar-refractivity contribution in [1.29, 1.82) is 0 Å². The molecule has 0 spiro atoms. The fourth-order valence-corrected chi connectivity index (χ4v) is 1.03. The van der Waals surface area contributed by atoms with Gasteiger partial charge in [-0.2, -0.15) is 0 Å². The van der Waals surface area contributed by atoms with E-state index in [0.717, 1.165) is 5.92 Å². The highest BCUT2D eigenvalue weighted by atomic mass is 14.9. The van der Waals surface area contributed by atoms with Gasteiger partial charge in [-0.25, -0.2) is 0 Å². The summed E-state index contributed by atoms with van der Waals surface area (Å²) in [7, 11) is 0. The lowest BCUT2D eigenvalue weighted by Gasteiger charge is -2.17. The van der Waals surface area contributed by atoms with Gasteiger partial charge in [-0.05, 0) is 31.8 Å². The van der Waals surface area contributed by atoms with Crippen molar-refractivity contribution < 1.29 is 0 Å². The maximum atomic E-state index is 3.33. The number of hydrogen-bond acceptors (Lipinski definition) is 1. The Labute approximate surface area is 72.6 Å². The van der Waals surface area contributed by atoms with Gasteiger partial charge < -0.3 is 5.32 Å². The van der Waals surface area contributed by atoms with Gasteiger partial charge in [-0.15, -0.1) is 0 Å². The van der Waals surface area contributed by atoms with Gasteiger partial charge in [0.15, 0.2) is 0 Å². The van der Waals surface area contributed by atoms with Crippen molar-refractivity contribution in [3.05, 3.63) is 0 Å². The van der Waals surface area contributed by atoms with Crippen LogP contribution in [0.1, 0.15) is 47.5 Å². The Hall–Kier alpha value is -0.0400. The van der Waals surface area contributed by atoms with E-state index < -0.39 is 0 Å². The van der Waals surface area contributed by atoms with Crippen molar-refractivity contribution in [1.82, 2.24) is 5.32 Å². The molecule has 0 bridgehead atoms. The van der Waals surface area contributed by atoms with Crippen LogP contribution in [-0.2, 0) is 0 Å². The fourth-order valence-electron chi connectivity index (χ4n) is 1.03. The Morgan fingerprint density at radius 1 is 1.09 bits per heavy atom. The molecule has 0 aromatic heterocycles. The molecular formula is C10H25N. The molecule has 0 aromatic rings. The van der Waals surface area contributed by atoms with Crippen LogP contribution in [0.3, 0.4) is 0 Å². The normalized spacial score (nSPS) is 22.1. The molecule has 1 aliphatic rings. The summed E-state index contributed by atoms with van der Waals surface area (Å²) in [6, 6.07) is 0. The Bertz CT molecular complexity index is 46.8. The fraction of sp³-hybridized carbons (Fsp3) is 1.00. The predicted octanol–water partition coefficient (Wildman–Crippen LogP) is 3.06. The van der Waals surface area contributed by atoms with Crippen LogP contribution in [0.2, 0.25) is 0 Å². The molecule has 0 aromatic carbocycles. The largest absolute Gasteiger partial charge is 0.316 e. The second-order valence-electron chi connectivity index (χ2n) is 2.45. The highest BCUT2D eigenvalue weighted by Gasteiger charge is 2.04. The third-order valence-electron chi connectivity index (χ3n) is 1.54. The first-order valence-corrected chi connectivity index (χ1v) is 5.10. The van der Waals surface area contributed by atoms with Gasteiger partial charge in [0.25, 0.3) is 0 Å². The minimum absolute atomic E-state index is 0.925. The summed E-state index contributed by atoms with van der Waals surface area (Å²) in [5, 5.41) is 3.33. The van der Waals surface area contributed by atoms with Crippen molar-refractivity contribution in [2.24, 2.45) is 5.92 Å². The van der Waals surface area contributed by atoms with Crippen LogP contribution in [-0.4, -0.2) is 13.1 Å². The minimum Gasteiger partial charge on any atom is -0.316 e. The van der Waals surface area contributed by atoms with Crippen LogP contribution in [0.5, 0.6) is 0 Å². The van der Waals surface area contributed by atoms with Crippen LogP contribution < -0.4 is 5.32 Å². The molecule has 1 rings (SSSR count). The van der Waals surface area contributed by atoms with Crippen molar-refractivity contribution in [3.63, 3.8) is 0 Å². The van der Waals surface area contributed by atoms with E-state index in [-0.39, 0.29) is 0 Å². The lowest BCUT2D eigenvalue weighted by atomic mass is 10.0. The zero-order valence-electron chi connectivity index (χ0n) is 8.91. The van der Waals surface area contributed by atoms with Gasteiger partial charge in [0.05, 0.1) is 0 Å². The molecule has 0 unspecified atom stereocenters. The van der Waals surface area contributed by atoms with Gasteiger partial charge in [0.1, 0.15) is 0 Å². The number of rotatable bonds is 0. The SMILES string of the molecule is CC.CC.C[C@@H]1CCCNC1. The summed E-state index contributed by atoms with van der Waals surface area (Å²) in [6.07, 6.45) is 2.80. The van der Waals surface area contributed by atoms with Gasteiger partial charge >= 0.3 is 0 Å². The Morgan fingerprint density at radius 3 is 1.82 bits per heavy atom. The second kappa shape index (κ2) is 12.6. The maximum Gasteiger partial charge on any atom is -0.00231 e. The van der Waals surface area contributed by atoms with E-state index in [2.05, 4.69) is 12.2 Å². The number of piperidine rings is 1. The smallest absolute Gasteiger partial charge is 0.00231 e. The average molecular weight is 159 g/mol. The average Bonchev–Trinajstić information content (AvgIpc) is 2.13. The summed E-state index contributed by atoms with van der Waals surface area (Å²) in [5.41, 5.74) is 0. The molecule has 1 saturated heterocycles. The van der Waals surface area contributed by atoms with E-state index in [0.29, 0.717) is 0 Å². The molecular weight excluding hydrogens is 134 g/mol. The van der Waals surface area contributed by atoms with Crippen LogP contribution in [0.15, 0.2) is 0 Å². The van der Waals surface area contributed by atoms with E-state index in [4.69, 9.17) is 0 Å². The molecule has 0 aliphatic carbocycles. The molecule has 0 radical (unpaired) electrons. The highest BCUT2D eigenvalue weighted by molar-refractivity contribution is 4.63. The molecule has 0 amide bonds. The topological polar surface area (TPSA) is 12.0 Å². The molecule has 11 heavy (non-hydrogen) atoms. The van der Waals surface area contributed by atoms with Crippen LogP contribution >= 0.6 is 0 Å². The van der Waals surface area contributed by atoms with Crippen LogP contribution in [0.4, 0.5) is 0 Å². The Balaban J connectivity index is 0. The standard InChI is InChI=1S/C6H13N.2C2H6/c1-6-3-2-4-7-5-6;2*1-2/h6-7H,2-5H2,1H3;2*1-2H3/t6-;;/m1../s1. The first kappa shape index (κ1) is 13.5. The van der Waals surface area contributed by atoms with Crippen LogP contribution in [0, 0.1) is 5.92 Å². The third kappa shape index (κ3) is 9.96. The van der Waals surface area contributed by atoms with E-state index >= 15 is 0 Å². The second-order valence-corrected chi connectivity index (χ2v) is 2.45. The van der Waals surface area contributed by atoms with Gasteiger partial charge in [-0.1, -0.05) is 34.6 Å². The van der Waals surface area contributed by atoms with E-state index in [1.165, 1.54) is 25.9 Å². The van der Waals surface area contributed by atoms with Crippen LogP contribution in [0.25, 0.3) is 0 Å². The maximum absolute atomic E-state index is 3.33. The van der Waals surface area contributed by atoms with Crippen molar-refractivity contribution in [2.75, 3.05) is 13.1 Å². The summed E-state index contributed by atoms with van der Waals surface area (Å²) < 4.78 is 0. The minimum atomic E-state index is 0.925. The van der Waals surface area contributed by atoms with E-state index in [9.17, 15) is 0 Å². The molecule has 1 atom stereocenters. The van der Waals surface area contributed by atoms with Crippen molar-refractivity contribution >= 4 is 0 Å². The zero-order valence-corrected chi connectivity index (χ0v) is 8.91. The summed E-state index contributed by atoms with van der Waals surface area (Å²) in [4.78, 5) is 0. The van der Waals surface area contributed by atoms with Gasteiger partial charge in [0.2, 0.25) is 0 Å². The molecule has 1 fully saturated rings. The molecule has 0 saturated carbocycles. The lowest BCUT2D eigenvalue weighted by molar-refractivity contribution is 0.405. The van der Waals surface area contributed by atoms with Gasteiger partial charge in [-0.3, -0.25) is 0 Å². The molecule has 1 N–H and O–H groups in total. The predicted molar refractivity (Wildman–Crippen MR) is 54.0 cm³/mol. The van der Waals surface area contributed by atoms with Gasteiger partial charge in [0, 0.05) is 0 Å². The number of hydrogen-bond donors (Lipinski definition) is 1. The molecule has 1 nitrogen and oxygen atoms in total. The molecule has 1 heterocycles. The van der Waals surface area contributed by atoms with E-state index in [1.807, 2.05) is 27.7 Å². The highest BCUT2D eigenvalue weighted by Crippen LogP contribution is 2.06. The Kier molecular flexibility index (Phi) is 15.5. The Morgan fingerprint density at radius 2 is 1.64 bits per heavy atom. The zero-order chi connectivity index (χ0) is 9.11. The summed E-state index contributed by atoms with van der Waals surface area (Å²) in [6.45, 7) is 12.8. The lowest BCUT2D eigenvalue weighted by Crippen LogP contribution is -2.27. The number of nitrogens with one attached hydrogen (secondary N) is 1. The summed E-state index contributed by atoms with van der Waals surface area (Å²) >= 11 is 0. The van der Waals surface area contributed by atoms with Crippen molar-refractivity contribution in [3.8, 4) is 0 Å². The third-order valence-corrected chi connectivity index (χ3v) is 1.54. The monoisotopic (exact) mass is 159 g/mol. The first-order chi connectivity index (χ1) is 5.39. The van der Waals surface area contributed by atoms with E-state index in [1.54, 1.807) is 0 Å². The molecule has 70 valence electrons. The molecule has 1 aliphatic heterocycles.